The highest BCUT2D eigenvalue weighted by Gasteiger charge is 2.14. The first-order chi connectivity index (χ1) is 13.2. The molecule has 28 heavy (non-hydrogen) atoms. The quantitative estimate of drug-likeness (QED) is 0.580. The van der Waals surface area contributed by atoms with Crippen LogP contribution in [0.4, 0.5) is 5.69 Å². The van der Waals surface area contributed by atoms with Crippen LogP contribution in [-0.4, -0.2) is 24.7 Å². The van der Waals surface area contributed by atoms with Crippen molar-refractivity contribution in [3.63, 3.8) is 0 Å². The zero-order valence-electron chi connectivity index (χ0n) is 16.2. The molecule has 9 heteroatoms. The van der Waals surface area contributed by atoms with Crippen molar-refractivity contribution in [1.29, 1.82) is 0 Å². The molecule has 3 aromatic rings. The molecule has 0 saturated heterocycles. The molecule has 2 aromatic heterocycles. The van der Waals surface area contributed by atoms with Crippen LogP contribution in [0.5, 0.6) is 0 Å². The van der Waals surface area contributed by atoms with Crippen molar-refractivity contribution in [2.75, 3.05) is 5.32 Å². The first-order valence-electron chi connectivity index (χ1n) is 8.77. The third kappa shape index (κ3) is 4.66. The Bertz CT molecular complexity index is 1000. The minimum Gasteiger partial charge on any atom is -0.357 e. The average molecular weight is 437 g/mol. The van der Waals surface area contributed by atoms with Crippen LogP contribution in [0.2, 0.25) is 10.0 Å². The summed E-state index contributed by atoms with van der Waals surface area (Å²) in [4.78, 5) is 0. The summed E-state index contributed by atoms with van der Waals surface area (Å²) < 4.78 is 3.76. The van der Waals surface area contributed by atoms with Gasteiger partial charge in [0.1, 0.15) is 0 Å². The van der Waals surface area contributed by atoms with Crippen LogP contribution in [0, 0.1) is 20.8 Å². The number of hydrogen-bond acceptors (Lipinski definition) is 3. The van der Waals surface area contributed by atoms with Crippen molar-refractivity contribution in [2.24, 2.45) is 7.05 Å². The van der Waals surface area contributed by atoms with Gasteiger partial charge in [0.05, 0.1) is 45.9 Å². The van der Waals surface area contributed by atoms with E-state index in [0.717, 1.165) is 34.0 Å². The second-order valence-corrected chi connectivity index (χ2v) is 7.88. The number of rotatable bonds is 5. The normalized spacial score (nSPS) is 10.9. The van der Waals surface area contributed by atoms with Crippen molar-refractivity contribution in [1.82, 2.24) is 24.9 Å². The second kappa shape index (κ2) is 8.51. The number of halogens is 2. The molecule has 0 amide bonds. The SMILES string of the molecule is Cc1nn(Cc2ccc(Cl)c(Cl)c2)c(C)c1NC(=S)NCc1cc(C)n(C)n1. The molecule has 1 aromatic carbocycles. The summed E-state index contributed by atoms with van der Waals surface area (Å²) in [5.41, 5.74) is 5.82. The molecular weight excluding hydrogens is 415 g/mol. The Morgan fingerprint density at radius 3 is 2.50 bits per heavy atom. The maximum absolute atomic E-state index is 6.12. The first-order valence-corrected chi connectivity index (χ1v) is 9.93. The van der Waals surface area contributed by atoms with E-state index in [4.69, 9.17) is 35.4 Å². The molecule has 0 saturated carbocycles. The number of nitrogens with zero attached hydrogens (tertiary/aromatic N) is 4. The van der Waals surface area contributed by atoms with Gasteiger partial charge in [-0.1, -0.05) is 29.3 Å². The number of nitrogens with one attached hydrogen (secondary N) is 2. The minimum atomic E-state index is 0.531. The summed E-state index contributed by atoms with van der Waals surface area (Å²) in [5.74, 6) is 0. The van der Waals surface area contributed by atoms with Gasteiger partial charge in [0.2, 0.25) is 0 Å². The summed E-state index contributed by atoms with van der Waals surface area (Å²) >= 11 is 17.5. The molecule has 2 heterocycles. The van der Waals surface area contributed by atoms with Crippen molar-refractivity contribution in [3.8, 4) is 0 Å². The van der Waals surface area contributed by atoms with E-state index in [2.05, 4.69) is 20.8 Å². The highest BCUT2D eigenvalue weighted by atomic mass is 35.5. The minimum absolute atomic E-state index is 0.531. The Kier molecular flexibility index (Phi) is 6.27. The Morgan fingerprint density at radius 1 is 1.11 bits per heavy atom. The Hall–Kier alpha value is -2.09. The maximum Gasteiger partial charge on any atom is 0.171 e. The molecule has 0 spiro atoms. The monoisotopic (exact) mass is 436 g/mol. The number of aryl methyl sites for hydroxylation is 3. The van der Waals surface area contributed by atoms with Crippen molar-refractivity contribution >= 4 is 46.2 Å². The number of anilines is 1. The van der Waals surface area contributed by atoms with Gasteiger partial charge in [-0.05, 0) is 56.8 Å². The Morgan fingerprint density at radius 2 is 1.86 bits per heavy atom. The molecule has 0 atom stereocenters. The molecule has 0 aliphatic heterocycles. The fourth-order valence-corrected chi connectivity index (χ4v) is 3.39. The Balaban J connectivity index is 1.67. The van der Waals surface area contributed by atoms with Gasteiger partial charge in [-0.3, -0.25) is 9.36 Å². The largest absolute Gasteiger partial charge is 0.357 e. The molecule has 0 radical (unpaired) electrons. The van der Waals surface area contributed by atoms with Crippen LogP contribution < -0.4 is 10.6 Å². The predicted molar refractivity (Wildman–Crippen MR) is 118 cm³/mol. The Labute approximate surface area is 179 Å². The molecule has 2 N–H and O–H groups in total. The standard InChI is InChI=1S/C19H22Cl2N6S/c1-11-7-15(25-26(11)4)9-22-19(28)23-18-12(2)24-27(13(18)3)10-14-5-6-16(20)17(21)8-14/h5-8H,9-10H2,1-4H3,(H2,22,23,28). The molecule has 3 rings (SSSR count). The molecule has 0 aliphatic rings. The van der Waals surface area contributed by atoms with Crippen molar-refractivity contribution in [2.45, 2.75) is 33.9 Å². The number of thiocarbonyl (C=S) groups is 1. The lowest BCUT2D eigenvalue weighted by Crippen LogP contribution is -2.28. The zero-order chi connectivity index (χ0) is 20.4. The lowest BCUT2D eigenvalue weighted by molar-refractivity contribution is 0.659. The van der Waals surface area contributed by atoms with Crippen LogP contribution in [0.15, 0.2) is 24.3 Å². The summed E-state index contributed by atoms with van der Waals surface area (Å²) in [7, 11) is 1.92. The molecule has 0 aliphatic carbocycles. The highest BCUT2D eigenvalue weighted by Crippen LogP contribution is 2.25. The van der Waals surface area contributed by atoms with E-state index in [0.29, 0.717) is 28.2 Å². The van der Waals surface area contributed by atoms with Gasteiger partial charge in [0.15, 0.2) is 5.11 Å². The topological polar surface area (TPSA) is 59.7 Å². The molecule has 0 fully saturated rings. The fraction of sp³-hybridized carbons (Fsp3) is 0.316. The van der Waals surface area contributed by atoms with E-state index in [1.807, 2.05) is 55.4 Å². The van der Waals surface area contributed by atoms with Crippen LogP contribution in [0.1, 0.15) is 28.3 Å². The summed E-state index contributed by atoms with van der Waals surface area (Å²) in [5, 5.41) is 17.1. The van der Waals surface area contributed by atoms with Crippen LogP contribution in [-0.2, 0) is 20.1 Å². The molecule has 0 bridgehead atoms. The van der Waals surface area contributed by atoms with Gasteiger partial charge >= 0.3 is 0 Å². The van der Waals surface area contributed by atoms with Crippen molar-refractivity contribution < 1.29 is 0 Å². The molecular formula is C19H22Cl2N6S. The fourth-order valence-electron chi connectivity index (χ4n) is 2.89. The van der Waals surface area contributed by atoms with Gasteiger partial charge in [0.25, 0.3) is 0 Å². The van der Waals surface area contributed by atoms with Crippen molar-refractivity contribution in [3.05, 3.63) is 62.6 Å². The molecule has 6 nitrogen and oxygen atoms in total. The van der Waals surface area contributed by atoms with Gasteiger partial charge in [-0.25, -0.2) is 0 Å². The van der Waals surface area contributed by atoms with Gasteiger partial charge < -0.3 is 10.6 Å². The summed E-state index contributed by atoms with van der Waals surface area (Å²) in [6, 6.07) is 7.62. The van der Waals surface area contributed by atoms with Crippen LogP contribution in [0.25, 0.3) is 0 Å². The molecule has 148 valence electrons. The lowest BCUT2D eigenvalue weighted by Gasteiger charge is -2.10. The third-order valence-corrected chi connectivity index (χ3v) is 5.52. The van der Waals surface area contributed by atoms with E-state index in [-0.39, 0.29) is 0 Å². The maximum atomic E-state index is 6.12. The van der Waals surface area contributed by atoms with E-state index in [1.165, 1.54) is 0 Å². The lowest BCUT2D eigenvalue weighted by atomic mass is 10.2. The number of benzene rings is 1. The van der Waals surface area contributed by atoms with Gasteiger partial charge in [0, 0.05) is 12.7 Å². The highest BCUT2D eigenvalue weighted by molar-refractivity contribution is 7.80. The van der Waals surface area contributed by atoms with Gasteiger partial charge in [-0.15, -0.1) is 0 Å². The van der Waals surface area contributed by atoms with Gasteiger partial charge in [-0.2, -0.15) is 10.2 Å². The summed E-state index contributed by atoms with van der Waals surface area (Å²) in [6.45, 7) is 7.12. The van der Waals surface area contributed by atoms with Crippen LogP contribution in [0.3, 0.4) is 0 Å². The summed E-state index contributed by atoms with van der Waals surface area (Å²) in [6.07, 6.45) is 0. The first kappa shape index (κ1) is 20.6. The van der Waals surface area contributed by atoms with E-state index in [9.17, 15) is 0 Å². The molecule has 0 unspecified atom stereocenters. The average Bonchev–Trinajstić information content (AvgIpc) is 3.09. The predicted octanol–water partition coefficient (Wildman–Crippen LogP) is 4.38. The van der Waals surface area contributed by atoms with Crippen LogP contribution >= 0.6 is 35.4 Å². The third-order valence-electron chi connectivity index (χ3n) is 4.53. The van der Waals surface area contributed by atoms with E-state index in [1.54, 1.807) is 6.07 Å². The zero-order valence-corrected chi connectivity index (χ0v) is 18.5. The van der Waals surface area contributed by atoms with E-state index >= 15 is 0 Å². The second-order valence-electron chi connectivity index (χ2n) is 6.66. The van der Waals surface area contributed by atoms with E-state index < -0.39 is 0 Å². The smallest absolute Gasteiger partial charge is 0.171 e. The number of aromatic nitrogens is 4. The number of hydrogen-bond donors (Lipinski definition) is 2.